The van der Waals surface area contributed by atoms with Gasteiger partial charge in [0, 0.05) is 0 Å². The van der Waals surface area contributed by atoms with E-state index in [1.807, 2.05) is 52.9 Å². The fraction of sp³-hybridized carbons (Fsp3) is 0. The van der Waals surface area contributed by atoms with E-state index in [4.69, 9.17) is 10.5 Å². The van der Waals surface area contributed by atoms with Crippen molar-refractivity contribution in [2.75, 3.05) is 0 Å². The maximum Gasteiger partial charge on any atom is 0.172 e. The van der Waals surface area contributed by atoms with E-state index in [9.17, 15) is 0 Å². The van der Waals surface area contributed by atoms with Crippen LogP contribution in [-0.4, -0.2) is 4.98 Å². The van der Waals surface area contributed by atoms with Crippen LogP contribution < -0.4 is 0 Å². The second-order valence-electron chi connectivity index (χ2n) is 3.30. The summed E-state index contributed by atoms with van der Waals surface area (Å²) in [5.74, 6) is 0.308. The minimum Gasteiger partial charge on any atom is -0.328 e. The number of hydrogen-bond donors (Lipinski definition) is 1. The van der Waals surface area contributed by atoms with Gasteiger partial charge >= 0.3 is 0 Å². The predicted molar refractivity (Wildman–Crippen MR) is 73.6 cm³/mol. The Morgan fingerprint density at radius 1 is 1.06 bits per heavy atom. The van der Waals surface area contributed by atoms with Crippen molar-refractivity contribution < 1.29 is 0 Å². The highest BCUT2D eigenvalue weighted by molar-refractivity contribution is 14.1. The molecule has 1 heterocycles. The average Bonchev–Trinajstić information content (AvgIpc) is 2.73. The number of H-pyrrole nitrogens is 1. The molecule has 0 spiro atoms. The molecule has 18 heavy (non-hydrogen) atoms. The van der Waals surface area contributed by atoms with Crippen LogP contribution in [0, 0.1) is 26.2 Å². The monoisotopic (exact) mass is 347 g/mol. The molecule has 0 aliphatic carbocycles. The Balaban J connectivity index is 2.39. The summed E-state index contributed by atoms with van der Waals surface area (Å²) in [4.78, 5) is 2.77. The molecule has 0 radical (unpaired) electrons. The number of hydrogen-bond acceptors (Lipinski definition) is 4. The highest BCUT2D eigenvalue weighted by Crippen LogP contribution is 2.27. The second-order valence-corrected chi connectivity index (χ2v) is 4.38. The third-order valence-electron chi connectivity index (χ3n) is 2.16. The standard InChI is InChI=1S/C12H6IN5/c13-11-9(6-14)12(16-10(11)7-15)18-17-8-4-2-1-3-5-8/h1-5,16H. The Labute approximate surface area is 117 Å². The molecule has 0 unspecified atom stereocenters. The molecule has 6 heteroatoms. The molecule has 86 valence electrons. The summed E-state index contributed by atoms with van der Waals surface area (Å²) >= 11 is 1.94. The lowest BCUT2D eigenvalue weighted by molar-refractivity contribution is 1.16. The first-order valence-corrected chi connectivity index (χ1v) is 6.02. The SMILES string of the molecule is N#Cc1[nH]c(N=Nc2ccccc2)c(C#N)c1I. The largest absolute Gasteiger partial charge is 0.328 e. The topological polar surface area (TPSA) is 88.1 Å². The number of nitrogens with zero attached hydrogens (tertiary/aromatic N) is 4. The van der Waals surface area contributed by atoms with Crippen molar-refractivity contribution in [1.82, 2.24) is 4.98 Å². The minimum atomic E-state index is 0.308. The quantitative estimate of drug-likeness (QED) is 0.662. The summed E-state index contributed by atoms with van der Waals surface area (Å²) in [6.07, 6.45) is 0. The van der Waals surface area contributed by atoms with Gasteiger partial charge in [0.15, 0.2) is 5.82 Å². The van der Waals surface area contributed by atoms with Crippen LogP contribution >= 0.6 is 22.6 Å². The van der Waals surface area contributed by atoms with E-state index in [2.05, 4.69) is 15.2 Å². The number of rotatable bonds is 2. The maximum atomic E-state index is 9.02. The van der Waals surface area contributed by atoms with Gasteiger partial charge in [-0.25, -0.2) is 0 Å². The van der Waals surface area contributed by atoms with Crippen molar-refractivity contribution in [3.8, 4) is 12.1 Å². The second kappa shape index (κ2) is 5.43. The Hall–Kier alpha value is -2.19. The van der Waals surface area contributed by atoms with E-state index in [1.165, 1.54) is 0 Å². The smallest absolute Gasteiger partial charge is 0.172 e. The van der Waals surface area contributed by atoms with Gasteiger partial charge in [0.05, 0.1) is 9.26 Å². The molecule has 0 aliphatic heterocycles. The fourth-order valence-electron chi connectivity index (χ4n) is 1.32. The van der Waals surface area contributed by atoms with Crippen LogP contribution in [-0.2, 0) is 0 Å². The van der Waals surface area contributed by atoms with Crippen LogP contribution in [0.4, 0.5) is 11.5 Å². The number of nitriles is 2. The van der Waals surface area contributed by atoms with Crippen LogP contribution in [0.5, 0.6) is 0 Å². The molecular formula is C12H6IN5. The van der Waals surface area contributed by atoms with Gasteiger partial charge in [-0.05, 0) is 34.7 Å². The van der Waals surface area contributed by atoms with Crippen molar-refractivity contribution in [1.29, 1.82) is 10.5 Å². The number of nitrogens with one attached hydrogen (secondary N) is 1. The zero-order chi connectivity index (χ0) is 13.0. The minimum absolute atomic E-state index is 0.308. The first kappa shape index (κ1) is 12.3. The summed E-state index contributed by atoms with van der Waals surface area (Å²) in [6, 6.07) is 13.2. The molecule has 0 amide bonds. The van der Waals surface area contributed by atoms with E-state index >= 15 is 0 Å². The molecule has 5 nitrogen and oxygen atoms in total. The first-order chi connectivity index (χ1) is 8.76. The molecule has 1 N–H and O–H groups in total. The van der Waals surface area contributed by atoms with Gasteiger partial charge in [-0.2, -0.15) is 10.5 Å². The number of azo groups is 1. The third kappa shape index (κ3) is 2.39. The van der Waals surface area contributed by atoms with E-state index < -0.39 is 0 Å². The average molecular weight is 347 g/mol. The molecular weight excluding hydrogens is 341 g/mol. The van der Waals surface area contributed by atoms with Gasteiger partial charge in [0.2, 0.25) is 0 Å². The zero-order valence-electron chi connectivity index (χ0n) is 9.05. The lowest BCUT2D eigenvalue weighted by Gasteiger charge is -1.90. The van der Waals surface area contributed by atoms with Crippen molar-refractivity contribution in [3.63, 3.8) is 0 Å². The molecule has 0 atom stereocenters. The van der Waals surface area contributed by atoms with Crippen molar-refractivity contribution in [2.45, 2.75) is 0 Å². The van der Waals surface area contributed by atoms with E-state index in [0.717, 1.165) is 0 Å². The van der Waals surface area contributed by atoms with Crippen molar-refractivity contribution in [2.24, 2.45) is 10.2 Å². The summed E-state index contributed by atoms with van der Waals surface area (Å²) in [5.41, 5.74) is 1.35. The number of aromatic nitrogens is 1. The molecule has 1 aromatic heterocycles. The lowest BCUT2D eigenvalue weighted by Crippen LogP contribution is -1.76. The van der Waals surface area contributed by atoms with Crippen LogP contribution in [0.1, 0.15) is 11.3 Å². The van der Waals surface area contributed by atoms with Gasteiger partial charge in [-0.1, -0.05) is 18.2 Å². The third-order valence-corrected chi connectivity index (χ3v) is 3.24. The van der Waals surface area contributed by atoms with Crippen molar-refractivity contribution >= 4 is 34.1 Å². The van der Waals surface area contributed by atoms with Crippen LogP contribution in [0.2, 0.25) is 0 Å². The molecule has 0 saturated carbocycles. The fourth-order valence-corrected chi connectivity index (χ4v) is 1.95. The van der Waals surface area contributed by atoms with Gasteiger partial charge in [-0.3, -0.25) is 0 Å². The lowest BCUT2D eigenvalue weighted by atomic mass is 10.3. The highest BCUT2D eigenvalue weighted by atomic mass is 127. The van der Waals surface area contributed by atoms with Gasteiger partial charge in [0.25, 0.3) is 0 Å². The van der Waals surface area contributed by atoms with E-state index in [-0.39, 0.29) is 0 Å². The molecule has 0 bridgehead atoms. The summed E-state index contributed by atoms with van der Waals surface area (Å²) in [7, 11) is 0. The van der Waals surface area contributed by atoms with E-state index in [1.54, 1.807) is 12.1 Å². The number of benzene rings is 1. The predicted octanol–water partition coefficient (Wildman–Crippen LogP) is 3.78. The molecule has 0 fully saturated rings. The Morgan fingerprint density at radius 3 is 2.39 bits per heavy atom. The Bertz CT molecular complexity index is 673. The van der Waals surface area contributed by atoms with E-state index in [0.29, 0.717) is 26.3 Å². The van der Waals surface area contributed by atoms with Crippen LogP contribution in [0.15, 0.2) is 40.6 Å². The molecule has 2 rings (SSSR count). The molecule has 2 aromatic rings. The van der Waals surface area contributed by atoms with Gasteiger partial charge in [-0.15, -0.1) is 10.2 Å². The zero-order valence-corrected chi connectivity index (χ0v) is 11.2. The first-order valence-electron chi connectivity index (χ1n) is 4.94. The maximum absolute atomic E-state index is 9.02. The summed E-state index contributed by atoms with van der Waals surface area (Å²) in [6.45, 7) is 0. The molecule has 0 aliphatic rings. The number of aromatic amines is 1. The number of halogens is 1. The van der Waals surface area contributed by atoms with Crippen LogP contribution in [0.25, 0.3) is 0 Å². The molecule has 0 saturated heterocycles. The Morgan fingerprint density at radius 2 is 1.78 bits per heavy atom. The van der Waals surface area contributed by atoms with Crippen molar-refractivity contribution in [3.05, 3.63) is 45.2 Å². The molecule has 1 aromatic carbocycles. The normalized spacial score (nSPS) is 10.2. The van der Waals surface area contributed by atoms with Crippen LogP contribution in [0.3, 0.4) is 0 Å². The summed E-state index contributed by atoms with van der Waals surface area (Å²) < 4.78 is 0.569. The van der Waals surface area contributed by atoms with Gasteiger partial charge in [0.1, 0.15) is 23.4 Å². The summed E-state index contributed by atoms with van der Waals surface area (Å²) in [5, 5.41) is 25.9. The highest BCUT2D eigenvalue weighted by Gasteiger charge is 2.14. The Kier molecular flexibility index (Phi) is 3.70. The van der Waals surface area contributed by atoms with Gasteiger partial charge < -0.3 is 4.98 Å².